The summed E-state index contributed by atoms with van der Waals surface area (Å²) >= 11 is 6.56. The number of anilines is 1. The van der Waals surface area contributed by atoms with Crippen LogP contribution in [0.2, 0.25) is 5.15 Å². The maximum Gasteiger partial charge on any atom is 0.294 e. The van der Waals surface area contributed by atoms with E-state index in [-0.39, 0.29) is 60.6 Å². The molecule has 9 nitrogen and oxygen atoms in total. The molecular weight excluding hydrogens is 561 g/mol. The first-order valence-electron chi connectivity index (χ1n) is 11.6. The quantitative estimate of drug-likeness (QED) is 0.163. The van der Waals surface area contributed by atoms with Gasteiger partial charge in [-0.3, -0.25) is 24.5 Å². The second kappa shape index (κ2) is 14.9. The summed E-state index contributed by atoms with van der Waals surface area (Å²) in [6.07, 6.45) is 2.23. The number of nitrogens with two attached hydrogens (primary N) is 1. The minimum atomic E-state index is -0.445. The fourth-order valence-corrected chi connectivity index (χ4v) is 4.03. The van der Waals surface area contributed by atoms with Crippen LogP contribution < -0.4 is 21.9 Å². The zero-order chi connectivity index (χ0) is 26.2. The summed E-state index contributed by atoms with van der Waals surface area (Å²) < 4.78 is 1.34. The molecule has 0 bridgehead atoms. The van der Waals surface area contributed by atoms with E-state index in [2.05, 4.69) is 20.6 Å². The Morgan fingerprint density at radius 1 is 0.974 bits per heavy atom. The van der Waals surface area contributed by atoms with Crippen LogP contribution in [0.3, 0.4) is 0 Å². The zero-order valence-corrected chi connectivity index (χ0v) is 23.2. The number of nitrogens with zero attached hydrogens (tertiary/aromatic N) is 3. The standard InChI is InChI=1S/C27H26ClN7O2.2ClH/c28-24-23(20-9-5-2-6-10-20)35(17-22(36)33-16-19-11-12-21(25(29)30)32-15-19)27(37)26(34-24)31-14-13-18-7-3-1-4-8-18;;/h1-12,15H,13-14,16-17H2,(H3,29,30)(H,31,34)(H,33,36);2*1H. The molecule has 0 radical (unpaired) electrons. The SMILES string of the molecule is Cl.Cl.N=C(N)c1ccc(CNC(=O)Cn2c(-c3ccccc3)c(Cl)nc(NCCc3ccccc3)c2=O)cn1. The van der Waals surface area contributed by atoms with Crippen LogP contribution in [0.1, 0.15) is 16.8 Å². The van der Waals surface area contributed by atoms with E-state index in [1.807, 2.05) is 60.7 Å². The summed E-state index contributed by atoms with van der Waals surface area (Å²) in [5.74, 6) is -0.434. The summed E-state index contributed by atoms with van der Waals surface area (Å²) in [7, 11) is 0. The molecule has 0 aliphatic rings. The molecule has 4 rings (SSSR count). The van der Waals surface area contributed by atoms with Crippen molar-refractivity contribution in [2.45, 2.75) is 19.5 Å². The molecule has 0 atom stereocenters. The van der Waals surface area contributed by atoms with E-state index in [0.717, 1.165) is 11.1 Å². The van der Waals surface area contributed by atoms with Gasteiger partial charge in [-0.1, -0.05) is 78.3 Å². The summed E-state index contributed by atoms with van der Waals surface area (Å²) in [6.45, 7) is 0.417. The van der Waals surface area contributed by atoms with Crippen molar-refractivity contribution in [2.24, 2.45) is 5.73 Å². The molecule has 2 aromatic carbocycles. The highest BCUT2D eigenvalue weighted by Crippen LogP contribution is 2.26. The summed E-state index contributed by atoms with van der Waals surface area (Å²) in [6, 6.07) is 22.3. The first kappa shape index (κ1) is 31.3. The van der Waals surface area contributed by atoms with E-state index in [1.165, 1.54) is 10.8 Å². The van der Waals surface area contributed by atoms with Gasteiger partial charge in [-0.2, -0.15) is 0 Å². The normalized spacial score (nSPS) is 10.1. The van der Waals surface area contributed by atoms with Gasteiger partial charge in [0.05, 0.1) is 5.69 Å². The van der Waals surface area contributed by atoms with E-state index in [0.29, 0.717) is 29.9 Å². The van der Waals surface area contributed by atoms with E-state index in [4.69, 9.17) is 22.7 Å². The van der Waals surface area contributed by atoms with Crippen molar-refractivity contribution in [2.75, 3.05) is 11.9 Å². The number of aromatic nitrogens is 3. The molecule has 0 aliphatic carbocycles. The molecule has 0 aliphatic heterocycles. The summed E-state index contributed by atoms with van der Waals surface area (Å²) in [5, 5.41) is 13.4. The lowest BCUT2D eigenvalue weighted by atomic mass is 10.1. The Morgan fingerprint density at radius 2 is 1.64 bits per heavy atom. The molecule has 204 valence electrons. The Hall–Kier alpha value is -3.92. The molecule has 5 N–H and O–H groups in total. The number of carbonyl (C=O) groups is 1. The monoisotopic (exact) mass is 587 g/mol. The number of pyridine rings is 1. The smallest absolute Gasteiger partial charge is 0.294 e. The van der Waals surface area contributed by atoms with Crippen molar-refractivity contribution in [1.29, 1.82) is 5.41 Å². The largest absolute Gasteiger partial charge is 0.382 e. The van der Waals surface area contributed by atoms with Crippen molar-refractivity contribution < 1.29 is 4.79 Å². The highest BCUT2D eigenvalue weighted by atomic mass is 35.5. The molecule has 0 fully saturated rings. The van der Waals surface area contributed by atoms with Crippen LogP contribution in [-0.4, -0.2) is 32.8 Å². The first-order chi connectivity index (χ1) is 17.9. The van der Waals surface area contributed by atoms with Crippen LogP contribution >= 0.6 is 36.4 Å². The second-order valence-corrected chi connectivity index (χ2v) is 8.62. The molecule has 4 aromatic rings. The Labute approximate surface area is 243 Å². The van der Waals surface area contributed by atoms with Crippen LogP contribution in [0.5, 0.6) is 0 Å². The Balaban J connectivity index is 0.00000267. The van der Waals surface area contributed by atoms with Gasteiger partial charge in [0.15, 0.2) is 11.0 Å². The van der Waals surface area contributed by atoms with Gasteiger partial charge >= 0.3 is 0 Å². The molecule has 0 saturated carbocycles. The van der Waals surface area contributed by atoms with Crippen LogP contribution in [0, 0.1) is 5.41 Å². The van der Waals surface area contributed by atoms with Crippen molar-refractivity contribution in [1.82, 2.24) is 19.9 Å². The third-order valence-electron chi connectivity index (χ3n) is 5.61. The molecule has 0 spiro atoms. The third-order valence-corrected chi connectivity index (χ3v) is 5.87. The first-order valence-corrected chi connectivity index (χ1v) is 12.0. The number of hydrogen-bond acceptors (Lipinski definition) is 6. The number of benzene rings is 2. The minimum absolute atomic E-state index is 0. The van der Waals surface area contributed by atoms with Crippen LogP contribution in [0.4, 0.5) is 5.82 Å². The van der Waals surface area contributed by atoms with Gasteiger partial charge in [-0.05, 0) is 23.6 Å². The van der Waals surface area contributed by atoms with Crippen molar-refractivity contribution >= 4 is 54.0 Å². The minimum Gasteiger partial charge on any atom is -0.382 e. The highest BCUT2D eigenvalue weighted by Gasteiger charge is 2.19. The topological polar surface area (TPSA) is 139 Å². The molecule has 0 saturated heterocycles. The molecular formula is C27H28Cl3N7O2. The van der Waals surface area contributed by atoms with Crippen LogP contribution in [0.15, 0.2) is 83.8 Å². The van der Waals surface area contributed by atoms with Crippen molar-refractivity contribution in [3.8, 4) is 11.3 Å². The maximum atomic E-state index is 13.4. The summed E-state index contributed by atoms with van der Waals surface area (Å²) in [5.41, 5.74) is 8.22. The van der Waals surface area contributed by atoms with Gasteiger partial charge in [0.1, 0.15) is 18.1 Å². The number of rotatable bonds is 10. The second-order valence-electron chi connectivity index (χ2n) is 8.26. The Kier molecular flexibility index (Phi) is 11.9. The highest BCUT2D eigenvalue weighted by molar-refractivity contribution is 6.32. The number of amides is 1. The van der Waals surface area contributed by atoms with Gasteiger partial charge in [0, 0.05) is 24.8 Å². The lowest BCUT2D eigenvalue weighted by molar-refractivity contribution is -0.121. The predicted octanol–water partition coefficient (Wildman–Crippen LogP) is 4.06. The molecule has 39 heavy (non-hydrogen) atoms. The fourth-order valence-electron chi connectivity index (χ4n) is 3.74. The lowest BCUT2D eigenvalue weighted by Gasteiger charge is -2.16. The third kappa shape index (κ3) is 8.28. The molecule has 2 aromatic heterocycles. The van der Waals surface area contributed by atoms with Gasteiger partial charge < -0.3 is 16.4 Å². The van der Waals surface area contributed by atoms with E-state index < -0.39 is 5.56 Å². The molecule has 12 heteroatoms. The number of carbonyl (C=O) groups excluding carboxylic acids is 1. The van der Waals surface area contributed by atoms with E-state index >= 15 is 0 Å². The van der Waals surface area contributed by atoms with E-state index in [9.17, 15) is 9.59 Å². The average Bonchev–Trinajstić information content (AvgIpc) is 2.91. The number of nitrogens with one attached hydrogen (secondary N) is 3. The van der Waals surface area contributed by atoms with E-state index in [1.54, 1.807) is 12.1 Å². The Bertz CT molecular complexity index is 1450. The summed E-state index contributed by atoms with van der Waals surface area (Å²) in [4.78, 5) is 34.7. The predicted molar refractivity (Wildman–Crippen MR) is 159 cm³/mol. The number of halogens is 3. The average molecular weight is 589 g/mol. The van der Waals surface area contributed by atoms with Crippen LogP contribution in [-0.2, 0) is 24.3 Å². The van der Waals surface area contributed by atoms with Gasteiger partial charge in [0.25, 0.3) is 5.56 Å². The number of amidine groups is 1. The zero-order valence-electron chi connectivity index (χ0n) is 20.8. The number of nitrogen functional groups attached to an aromatic ring is 1. The van der Waals surface area contributed by atoms with Gasteiger partial charge in [-0.15, -0.1) is 24.8 Å². The van der Waals surface area contributed by atoms with Crippen molar-refractivity contribution in [3.05, 3.63) is 111 Å². The number of hydrogen-bond donors (Lipinski definition) is 4. The molecule has 2 heterocycles. The van der Waals surface area contributed by atoms with Gasteiger partial charge in [-0.25, -0.2) is 4.98 Å². The fraction of sp³-hybridized carbons (Fsp3) is 0.148. The Morgan fingerprint density at radius 3 is 2.26 bits per heavy atom. The lowest BCUT2D eigenvalue weighted by Crippen LogP contribution is -2.34. The van der Waals surface area contributed by atoms with Crippen LogP contribution in [0.25, 0.3) is 11.3 Å². The maximum absolute atomic E-state index is 13.4. The van der Waals surface area contributed by atoms with Crippen molar-refractivity contribution in [3.63, 3.8) is 0 Å². The molecule has 0 unspecified atom stereocenters. The molecule has 1 amide bonds. The van der Waals surface area contributed by atoms with Gasteiger partial charge in [0.2, 0.25) is 5.91 Å².